The number of imidazole rings is 1. The summed E-state index contributed by atoms with van der Waals surface area (Å²) in [5.74, 6) is 0.117. The summed E-state index contributed by atoms with van der Waals surface area (Å²) in [6, 6.07) is 0. The van der Waals surface area contributed by atoms with Gasteiger partial charge in [0.05, 0.1) is 13.6 Å². The first-order chi connectivity index (χ1) is 7.15. The molecule has 0 aliphatic carbocycles. The highest BCUT2D eigenvalue weighted by atomic mass is 19.5. The highest BCUT2D eigenvalue weighted by molar-refractivity contribution is 6.50. The number of nitrogens with zero attached hydrogens (tertiary/aromatic N) is 3. The van der Waals surface area contributed by atoms with Crippen LogP contribution >= 0.6 is 0 Å². The van der Waals surface area contributed by atoms with Gasteiger partial charge in [-0.25, -0.2) is 4.57 Å². The Labute approximate surface area is 88.6 Å². The summed E-state index contributed by atoms with van der Waals surface area (Å²) in [4.78, 5) is 9.93. The van der Waals surface area contributed by atoms with E-state index < -0.39 is 12.2 Å². The minimum Gasteiger partial charge on any atom is -0.418 e. The number of hydrogen-bond acceptors (Lipinski definition) is 2. The summed E-state index contributed by atoms with van der Waals surface area (Å²) in [6.07, 6.45) is 3.21. The third kappa shape index (κ3) is 5.99. The largest absolute Gasteiger partial charge is 0.673 e. The second kappa shape index (κ2) is 5.47. The fraction of sp³-hybridized carbons (Fsp3) is 0.500. The fourth-order valence-corrected chi connectivity index (χ4v) is 0.903. The number of nitro groups is 1. The van der Waals surface area contributed by atoms with Gasteiger partial charge in [-0.1, -0.05) is 0 Å². The van der Waals surface area contributed by atoms with Crippen molar-refractivity contribution in [3.8, 4) is 0 Å². The molecule has 0 amide bonds. The molecule has 1 aromatic rings. The molecule has 92 valence electrons. The van der Waals surface area contributed by atoms with Gasteiger partial charge in [-0.05, 0) is 11.8 Å². The van der Waals surface area contributed by atoms with Crippen LogP contribution in [0, 0.1) is 10.1 Å². The molecule has 10 heteroatoms. The molecule has 0 unspecified atom stereocenters. The van der Waals surface area contributed by atoms with Crippen LogP contribution < -0.4 is 4.57 Å². The van der Waals surface area contributed by atoms with E-state index in [9.17, 15) is 27.4 Å². The van der Waals surface area contributed by atoms with E-state index in [4.69, 9.17) is 0 Å². The summed E-state index contributed by atoms with van der Waals surface area (Å²) in [5, 5.41) is 10.3. The fourth-order valence-electron chi connectivity index (χ4n) is 0.903. The summed E-state index contributed by atoms with van der Waals surface area (Å²) >= 11 is 0. The van der Waals surface area contributed by atoms with Gasteiger partial charge in [0.1, 0.15) is 0 Å². The highest BCUT2D eigenvalue weighted by Gasteiger charge is 2.20. The number of hydrogen-bond donors (Lipinski definition) is 0. The topological polar surface area (TPSA) is 51.9 Å². The van der Waals surface area contributed by atoms with Crippen LogP contribution in [0.2, 0.25) is 0 Å². The van der Waals surface area contributed by atoms with Gasteiger partial charge in [-0.15, -0.1) is 0 Å². The van der Waals surface area contributed by atoms with E-state index in [1.807, 2.05) is 6.92 Å². The van der Waals surface area contributed by atoms with E-state index >= 15 is 0 Å². The zero-order valence-electron chi connectivity index (χ0n) is 8.61. The van der Waals surface area contributed by atoms with Crippen molar-refractivity contribution < 1.29 is 26.8 Å². The first kappa shape index (κ1) is 14.4. The van der Waals surface area contributed by atoms with E-state index in [-0.39, 0.29) is 5.82 Å². The summed E-state index contributed by atoms with van der Waals surface area (Å²) in [7, 11) is -4.34. The Bertz CT molecular complexity index is 359. The Kier molecular flexibility index (Phi) is 4.92. The predicted octanol–water partition coefficient (Wildman–Crippen LogP) is 1.54. The lowest BCUT2D eigenvalue weighted by Gasteiger charge is -1.94. The smallest absolute Gasteiger partial charge is 0.418 e. The van der Waals surface area contributed by atoms with Crippen LogP contribution in [-0.2, 0) is 13.6 Å². The molecule has 1 heterocycles. The number of aromatic nitrogens is 2. The molecule has 1 aromatic heterocycles. The van der Waals surface area contributed by atoms with Crippen LogP contribution in [0.4, 0.5) is 23.1 Å². The predicted molar refractivity (Wildman–Crippen MR) is 48.1 cm³/mol. The van der Waals surface area contributed by atoms with Crippen molar-refractivity contribution in [3.63, 3.8) is 0 Å². The van der Waals surface area contributed by atoms with Crippen molar-refractivity contribution in [2.24, 2.45) is 7.05 Å². The molecule has 0 radical (unpaired) electrons. The van der Waals surface area contributed by atoms with Gasteiger partial charge >= 0.3 is 13.1 Å². The quantitative estimate of drug-likeness (QED) is 0.260. The van der Waals surface area contributed by atoms with E-state index in [0.29, 0.717) is 0 Å². The molecular formula is C6H10BF4N3O2. The zero-order valence-corrected chi connectivity index (χ0v) is 8.61. The molecule has 0 aliphatic heterocycles. The molecule has 0 saturated heterocycles. The molecule has 0 fully saturated rings. The molecular weight excluding hydrogens is 233 g/mol. The van der Waals surface area contributed by atoms with Gasteiger partial charge in [0.15, 0.2) is 6.20 Å². The van der Waals surface area contributed by atoms with E-state index in [1.54, 1.807) is 17.9 Å². The Morgan fingerprint density at radius 2 is 1.94 bits per heavy atom. The monoisotopic (exact) mass is 243 g/mol. The van der Waals surface area contributed by atoms with Crippen LogP contribution in [0.25, 0.3) is 0 Å². The molecule has 5 nitrogen and oxygen atoms in total. The molecule has 0 bridgehead atoms. The van der Waals surface area contributed by atoms with Crippen LogP contribution in [-0.4, -0.2) is 16.7 Å². The molecule has 0 N–H and O–H groups in total. The Hall–Kier alpha value is -1.61. The lowest BCUT2D eigenvalue weighted by atomic mass is 10.3. The Morgan fingerprint density at radius 3 is 2.12 bits per heavy atom. The van der Waals surface area contributed by atoms with Gasteiger partial charge in [0, 0.05) is 0 Å². The maximum absolute atomic E-state index is 10.3. The number of rotatable bonds is 2. The average Bonchev–Trinajstić information content (AvgIpc) is 2.43. The normalized spacial score (nSPS) is 10.6. The molecule has 16 heavy (non-hydrogen) atoms. The van der Waals surface area contributed by atoms with E-state index in [1.165, 1.54) is 10.8 Å². The third-order valence-corrected chi connectivity index (χ3v) is 1.52. The van der Waals surface area contributed by atoms with Crippen LogP contribution in [0.15, 0.2) is 12.5 Å². The maximum atomic E-state index is 10.3. The molecule has 1 rings (SSSR count). The summed E-state index contributed by atoms with van der Waals surface area (Å²) < 4.78 is 42.3. The Balaban J connectivity index is 0.000000385. The third-order valence-electron chi connectivity index (χ3n) is 1.52. The lowest BCUT2D eigenvalue weighted by molar-refractivity contribution is -0.694. The second-order valence-corrected chi connectivity index (χ2v) is 2.80. The highest BCUT2D eigenvalue weighted by Crippen LogP contribution is 2.06. The van der Waals surface area contributed by atoms with Crippen molar-refractivity contribution in [3.05, 3.63) is 22.6 Å². The zero-order chi connectivity index (χ0) is 12.9. The Morgan fingerprint density at radius 1 is 1.50 bits per heavy atom. The summed E-state index contributed by atoms with van der Waals surface area (Å²) in [6.45, 7) is 2.69. The van der Waals surface area contributed by atoms with E-state index in [0.717, 1.165) is 6.54 Å². The molecule has 0 saturated carbocycles. The van der Waals surface area contributed by atoms with E-state index in [2.05, 4.69) is 0 Å². The SMILES string of the molecule is CC[n+]1cc([N+](=O)[O-])n(C)c1.F[B-](F)(F)F. The van der Waals surface area contributed by atoms with Crippen molar-refractivity contribution >= 4 is 13.1 Å². The van der Waals surface area contributed by atoms with Crippen LogP contribution in [0.5, 0.6) is 0 Å². The first-order valence-electron chi connectivity index (χ1n) is 4.22. The standard InChI is InChI=1S/C6H10N3O2.BF4/c1-3-8-4-6(9(10)11)7(2)5-8;2-1(3,4)5/h4-5H,3H2,1-2H3;/q+1;-1. The number of aryl methyl sites for hydroxylation is 2. The number of halogens is 4. The maximum Gasteiger partial charge on any atom is 0.673 e. The molecule has 0 aromatic carbocycles. The second-order valence-electron chi connectivity index (χ2n) is 2.80. The van der Waals surface area contributed by atoms with Gasteiger partial charge < -0.3 is 27.4 Å². The van der Waals surface area contributed by atoms with Crippen molar-refractivity contribution in [2.75, 3.05) is 0 Å². The minimum absolute atomic E-state index is 0.117. The summed E-state index contributed by atoms with van der Waals surface area (Å²) in [5.41, 5.74) is 0. The van der Waals surface area contributed by atoms with Gasteiger partial charge in [0.25, 0.3) is 0 Å². The molecule has 0 spiro atoms. The lowest BCUT2D eigenvalue weighted by Crippen LogP contribution is -2.28. The van der Waals surface area contributed by atoms with Crippen molar-refractivity contribution in [1.82, 2.24) is 4.57 Å². The first-order valence-corrected chi connectivity index (χ1v) is 4.22. The van der Waals surface area contributed by atoms with Crippen molar-refractivity contribution in [1.29, 1.82) is 0 Å². The van der Waals surface area contributed by atoms with Gasteiger partial charge in [-0.3, -0.25) is 0 Å². The van der Waals surface area contributed by atoms with Gasteiger partial charge in [-0.2, -0.15) is 4.57 Å². The molecule has 0 atom stereocenters. The molecule has 0 aliphatic rings. The van der Waals surface area contributed by atoms with Crippen LogP contribution in [0.3, 0.4) is 0 Å². The van der Waals surface area contributed by atoms with Crippen LogP contribution in [0.1, 0.15) is 6.92 Å². The van der Waals surface area contributed by atoms with Crippen molar-refractivity contribution in [2.45, 2.75) is 13.5 Å². The average molecular weight is 243 g/mol. The van der Waals surface area contributed by atoms with Gasteiger partial charge in [0.2, 0.25) is 6.33 Å². The minimum atomic E-state index is -6.00.